The molecule has 0 saturated heterocycles. The molecule has 0 fully saturated rings. The second kappa shape index (κ2) is 3.41. The van der Waals surface area contributed by atoms with Crippen LogP contribution in [-0.2, 0) is 6.42 Å². The number of hydrogen-bond donors (Lipinski definition) is 1. The van der Waals surface area contributed by atoms with Crippen molar-refractivity contribution in [3.8, 4) is 0 Å². The van der Waals surface area contributed by atoms with Gasteiger partial charge in [0.25, 0.3) is 0 Å². The third kappa shape index (κ3) is 1.30. The second-order valence-electron chi connectivity index (χ2n) is 4.42. The monoisotopic (exact) mass is 201 g/mol. The van der Waals surface area contributed by atoms with Crippen LogP contribution in [0.4, 0.5) is 0 Å². The lowest BCUT2D eigenvalue weighted by Gasteiger charge is -2.11. The minimum Gasteiger partial charge on any atom is -0.361 e. The van der Waals surface area contributed by atoms with E-state index in [1.54, 1.807) is 0 Å². The maximum atomic E-state index is 3.42. The molecule has 0 radical (unpaired) electrons. The standard InChI is InChI=1S/C14H19N/c1-6-12-7-15-14-11(5)9(3)8(2)10(4)13(12)14/h7,15H,6H2,1-5H3. The molecule has 0 spiro atoms. The van der Waals surface area contributed by atoms with Crippen LogP contribution in [0, 0.1) is 27.7 Å². The lowest BCUT2D eigenvalue weighted by molar-refractivity contribution is 1.15. The van der Waals surface area contributed by atoms with E-state index in [1.165, 1.54) is 38.7 Å². The number of aromatic nitrogens is 1. The molecule has 2 rings (SSSR count). The van der Waals surface area contributed by atoms with Crippen LogP contribution in [0.15, 0.2) is 6.20 Å². The van der Waals surface area contributed by atoms with Gasteiger partial charge in [0.1, 0.15) is 0 Å². The molecule has 1 nitrogen and oxygen atoms in total. The highest BCUT2D eigenvalue weighted by Crippen LogP contribution is 2.30. The highest BCUT2D eigenvalue weighted by atomic mass is 14.7. The first-order chi connectivity index (χ1) is 7.07. The molecule has 1 N–H and O–H groups in total. The van der Waals surface area contributed by atoms with Crippen molar-refractivity contribution in [2.24, 2.45) is 0 Å². The Hall–Kier alpha value is -1.24. The summed E-state index contributed by atoms with van der Waals surface area (Å²) in [5, 5.41) is 1.44. The van der Waals surface area contributed by atoms with Crippen molar-refractivity contribution in [1.29, 1.82) is 0 Å². The molecule has 1 aromatic heterocycles. The Bertz CT molecular complexity index is 518. The van der Waals surface area contributed by atoms with Gasteiger partial charge in [-0.25, -0.2) is 0 Å². The number of benzene rings is 1. The van der Waals surface area contributed by atoms with Crippen molar-refractivity contribution >= 4 is 10.9 Å². The molecule has 0 amide bonds. The Kier molecular flexibility index (Phi) is 2.34. The average molecular weight is 201 g/mol. The van der Waals surface area contributed by atoms with E-state index in [0.29, 0.717) is 0 Å². The van der Waals surface area contributed by atoms with E-state index >= 15 is 0 Å². The quantitative estimate of drug-likeness (QED) is 0.718. The molecule has 0 aliphatic carbocycles. The van der Waals surface area contributed by atoms with Gasteiger partial charge >= 0.3 is 0 Å². The summed E-state index contributed by atoms with van der Waals surface area (Å²) in [6.45, 7) is 11.1. The van der Waals surface area contributed by atoms with Crippen LogP contribution in [0.3, 0.4) is 0 Å². The topological polar surface area (TPSA) is 15.8 Å². The van der Waals surface area contributed by atoms with Gasteiger partial charge in [-0.2, -0.15) is 0 Å². The van der Waals surface area contributed by atoms with E-state index in [4.69, 9.17) is 0 Å². The number of nitrogens with one attached hydrogen (secondary N) is 1. The zero-order chi connectivity index (χ0) is 11.2. The zero-order valence-electron chi connectivity index (χ0n) is 10.3. The first-order valence-corrected chi connectivity index (χ1v) is 5.64. The maximum absolute atomic E-state index is 3.42. The summed E-state index contributed by atoms with van der Waals surface area (Å²) in [5.41, 5.74) is 8.46. The van der Waals surface area contributed by atoms with Gasteiger partial charge in [0.2, 0.25) is 0 Å². The molecule has 1 heteroatoms. The Labute approximate surface area is 91.5 Å². The van der Waals surface area contributed by atoms with Gasteiger partial charge in [-0.05, 0) is 61.9 Å². The Balaban J connectivity index is 2.97. The van der Waals surface area contributed by atoms with Crippen molar-refractivity contribution in [1.82, 2.24) is 4.98 Å². The lowest BCUT2D eigenvalue weighted by Crippen LogP contribution is -1.93. The number of fused-ring (bicyclic) bond motifs is 1. The highest BCUT2D eigenvalue weighted by Gasteiger charge is 2.12. The maximum Gasteiger partial charge on any atom is 0.0492 e. The summed E-state index contributed by atoms with van der Waals surface area (Å²) in [4.78, 5) is 3.42. The zero-order valence-corrected chi connectivity index (χ0v) is 10.3. The normalized spacial score (nSPS) is 11.3. The summed E-state index contributed by atoms with van der Waals surface area (Å²) in [7, 11) is 0. The van der Waals surface area contributed by atoms with E-state index < -0.39 is 0 Å². The smallest absolute Gasteiger partial charge is 0.0492 e. The van der Waals surface area contributed by atoms with E-state index in [-0.39, 0.29) is 0 Å². The van der Waals surface area contributed by atoms with Gasteiger partial charge in [0.05, 0.1) is 0 Å². The van der Waals surface area contributed by atoms with Crippen LogP contribution in [0.2, 0.25) is 0 Å². The van der Waals surface area contributed by atoms with E-state index in [0.717, 1.165) is 6.42 Å². The number of rotatable bonds is 1. The van der Waals surface area contributed by atoms with Crippen molar-refractivity contribution in [3.63, 3.8) is 0 Å². The summed E-state index contributed by atoms with van der Waals surface area (Å²) in [5.74, 6) is 0. The third-order valence-electron chi connectivity index (χ3n) is 3.78. The van der Waals surface area contributed by atoms with Gasteiger partial charge in [-0.3, -0.25) is 0 Å². The molecule has 15 heavy (non-hydrogen) atoms. The fraction of sp³-hybridized carbons (Fsp3) is 0.429. The highest BCUT2D eigenvalue weighted by molar-refractivity contribution is 5.91. The number of aromatic amines is 1. The van der Waals surface area contributed by atoms with Gasteiger partial charge in [0, 0.05) is 17.1 Å². The summed E-state index contributed by atoms with van der Waals surface area (Å²) >= 11 is 0. The predicted octanol–water partition coefficient (Wildman–Crippen LogP) is 3.96. The molecule has 1 aromatic carbocycles. The average Bonchev–Trinajstić information content (AvgIpc) is 2.67. The summed E-state index contributed by atoms with van der Waals surface area (Å²) in [6, 6.07) is 0. The lowest BCUT2D eigenvalue weighted by atomic mass is 9.93. The number of hydrogen-bond acceptors (Lipinski definition) is 0. The molecule has 2 aromatic rings. The fourth-order valence-corrected chi connectivity index (χ4v) is 2.40. The van der Waals surface area contributed by atoms with Crippen LogP contribution in [0.25, 0.3) is 10.9 Å². The first kappa shape index (κ1) is 10.3. The number of H-pyrrole nitrogens is 1. The molecule has 0 bridgehead atoms. The predicted molar refractivity (Wildman–Crippen MR) is 66.6 cm³/mol. The van der Waals surface area contributed by atoms with E-state index in [2.05, 4.69) is 45.8 Å². The molecular formula is C14H19N. The molecular weight excluding hydrogens is 182 g/mol. The third-order valence-corrected chi connectivity index (χ3v) is 3.78. The van der Waals surface area contributed by atoms with Gasteiger partial charge < -0.3 is 4.98 Å². The van der Waals surface area contributed by atoms with Crippen LogP contribution in [0.5, 0.6) is 0 Å². The molecule has 0 unspecified atom stereocenters. The van der Waals surface area contributed by atoms with Crippen molar-refractivity contribution in [2.45, 2.75) is 41.0 Å². The second-order valence-corrected chi connectivity index (χ2v) is 4.42. The molecule has 1 heterocycles. The SMILES string of the molecule is CCc1c[nH]c2c(C)c(C)c(C)c(C)c12. The van der Waals surface area contributed by atoms with E-state index in [1.807, 2.05) is 0 Å². The molecule has 0 aliphatic rings. The van der Waals surface area contributed by atoms with E-state index in [9.17, 15) is 0 Å². The number of aryl methyl sites for hydroxylation is 3. The van der Waals surface area contributed by atoms with Crippen LogP contribution in [-0.4, -0.2) is 4.98 Å². The fourth-order valence-electron chi connectivity index (χ4n) is 2.40. The van der Waals surface area contributed by atoms with Crippen molar-refractivity contribution in [2.75, 3.05) is 0 Å². The molecule has 80 valence electrons. The Morgan fingerprint density at radius 2 is 1.53 bits per heavy atom. The van der Waals surface area contributed by atoms with Gasteiger partial charge in [-0.15, -0.1) is 0 Å². The summed E-state index contributed by atoms with van der Waals surface area (Å²) < 4.78 is 0. The molecule has 0 aliphatic heterocycles. The molecule has 0 saturated carbocycles. The van der Waals surface area contributed by atoms with Crippen LogP contribution < -0.4 is 0 Å². The Morgan fingerprint density at radius 3 is 2.13 bits per heavy atom. The van der Waals surface area contributed by atoms with Crippen molar-refractivity contribution in [3.05, 3.63) is 34.0 Å². The first-order valence-electron chi connectivity index (χ1n) is 5.64. The van der Waals surface area contributed by atoms with Gasteiger partial charge in [0.15, 0.2) is 0 Å². The minimum atomic E-state index is 1.10. The van der Waals surface area contributed by atoms with Crippen LogP contribution in [0.1, 0.15) is 34.7 Å². The van der Waals surface area contributed by atoms with Gasteiger partial charge in [-0.1, -0.05) is 6.92 Å². The minimum absolute atomic E-state index is 1.10. The largest absolute Gasteiger partial charge is 0.361 e. The Morgan fingerprint density at radius 1 is 0.933 bits per heavy atom. The molecule has 0 atom stereocenters. The van der Waals surface area contributed by atoms with Crippen molar-refractivity contribution < 1.29 is 0 Å². The summed E-state index contributed by atoms with van der Waals surface area (Å²) in [6.07, 6.45) is 3.26. The van der Waals surface area contributed by atoms with Crippen LogP contribution >= 0.6 is 0 Å².